The Morgan fingerprint density at radius 2 is 2.00 bits per heavy atom. The number of nitrogens with one attached hydrogen (secondary N) is 1. The fourth-order valence-corrected chi connectivity index (χ4v) is 2.15. The molecule has 4 heteroatoms. The van der Waals surface area contributed by atoms with Crippen LogP contribution in [0.15, 0.2) is 35.0 Å². The monoisotopic (exact) mass is 256 g/mol. The molecule has 1 saturated carbocycles. The van der Waals surface area contributed by atoms with Crippen LogP contribution in [0.2, 0.25) is 0 Å². The number of nitrogens with zero attached hydrogens (tertiary/aromatic N) is 1. The van der Waals surface area contributed by atoms with E-state index in [1.54, 1.807) is 6.92 Å². The normalized spacial score (nSPS) is 16.1. The van der Waals surface area contributed by atoms with Crippen LogP contribution in [0.5, 0.6) is 0 Å². The molecule has 1 aliphatic rings. The van der Waals surface area contributed by atoms with Crippen LogP contribution >= 0.6 is 0 Å². The van der Waals surface area contributed by atoms with Gasteiger partial charge in [0.1, 0.15) is 11.3 Å². The molecule has 1 N–H and O–H groups in total. The second kappa shape index (κ2) is 4.23. The average Bonchev–Trinajstić information content (AvgIpc) is 2.99. The van der Waals surface area contributed by atoms with E-state index in [1.807, 2.05) is 12.1 Å². The van der Waals surface area contributed by atoms with Crippen LogP contribution in [0.3, 0.4) is 0 Å². The summed E-state index contributed by atoms with van der Waals surface area (Å²) in [6.07, 6.45) is 3.93. The summed E-state index contributed by atoms with van der Waals surface area (Å²) in [6, 6.07) is 8.06. The molecule has 0 radical (unpaired) electrons. The van der Waals surface area contributed by atoms with Gasteiger partial charge in [-0.05, 0) is 42.9 Å². The Morgan fingerprint density at radius 1 is 1.32 bits per heavy atom. The van der Waals surface area contributed by atoms with Gasteiger partial charge in [0, 0.05) is 5.69 Å². The molecule has 3 rings (SSSR count). The van der Waals surface area contributed by atoms with Gasteiger partial charge in [-0.2, -0.15) is 0 Å². The number of carbonyl (C=O) groups excluding carboxylic acids is 1. The van der Waals surface area contributed by atoms with Crippen molar-refractivity contribution in [2.24, 2.45) is 0 Å². The largest absolute Gasteiger partial charge is 0.361 e. The van der Waals surface area contributed by atoms with Crippen molar-refractivity contribution in [1.29, 1.82) is 0 Å². The zero-order valence-electron chi connectivity index (χ0n) is 11.1. The molecule has 1 amide bonds. The molecular weight excluding hydrogens is 240 g/mol. The van der Waals surface area contributed by atoms with Crippen LogP contribution in [0, 0.1) is 6.92 Å². The first-order valence-electron chi connectivity index (χ1n) is 6.42. The van der Waals surface area contributed by atoms with Crippen molar-refractivity contribution in [3.63, 3.8) is 0 Å². The molecule has 1 fully saturated rings. The van der Waals surface area contributed by atoms with E-state index in [9.17, 15) is 4.79 Å². The van der Waals surface area contributed by atoms with Crippen molar-refractivity contribution < 1.29 is 9.32 Å². The zero-order valence-corrected chi connectivity index (χ0v) is 11.1. The van der Waals surface area contributed by atoms with Gasteiger partial charge in [-0.25, -0.2) is 0 Å². The predicted molar refractivity (Wildman–Crippen MR) is 72.2 cm³/mol. The Labute approximate surface area is 111 Å². The second-order valence-electron chi connectivity index (χ2n) is 5.39. The van der Waals surface area contributed by atoms with Crippen LogP contribution in [-0.4, -0.2) is 11.1 Å². The van der Waals surface area contributed by atoms with E-state index >= 15 is 0 Å². The summed E-state index contributed by atoms with van der Waals surface area (Å²) in [5, 5.41) is 6.45. The highest BCUT2D eigenvalue weighted by molar-refractivity contribution is 6.04. The van der Waals surface area contributed by atoms with Crippen LogP contribution < -0.4 is 5.32 Å². The third-order valence-corrected chi connectivity index (χ3v) is 3.84. The fourth-order valence-electron chi connectivity index (χ4n) is 2.15. The number of aryl methyl sites for hydroxylation is 1. The maximum atomic E-state index is 12.0. The van der Waals surface area contributed by atoms with Crippen molar-refractivity contribution in [3.8, 4) is 0 Å². The molecule has 0 aliphatic heterocycles. The minimum Gasteiger partial charge on any atom is -0.361 e. The van der Waals surface area contributed by atoms with E-state index in [-0.39, 0.29) is 5.91 Å². The first kappa shape index (κ1) is 12.0. The number of benzene rings is 1. The van der Waals surface area contributed by atoms with Gasteiger partial charge < -0.3 is 9.84 Å². The zero-order chi connectivity index (χ0) is 13.5. The first-order valence-corrected chi connectivity index (χ1v) is 6.42. The molecule has 1 aromatic heterocycles. The molecule has 19 heavy (non-hydrogen) atoms. The minimum atomic E-state index is -0.191. The average molecular weight is 256 g/mol. The number of carbonyl (C=O) groups is 1. The standard InChI is InChI=1S/C15H16N2O2/c1-10-13(9-16-19-10)14(18)17-12-5-3-11(4-6-12)15(2)7-8-15/h3-6,9H,7-8H2,1-2H3,(H,17,18). The van der Waals surface area contributed by atoms with Crippen molar-refractivity contribution in [2.45, 2.75) is 32.1 Å². The van der Waals surface area contributed by atoms with Crippen LogP contribution in [0.1, 0.15) is 41.4 Å². The van der Waals surface area contributed by atoms with E-state index in [0.29, 0.717) is 16.7 Å². The van der Waals surface area contributed by atoms with E-state index in [2.05, 4.69) is 29.5 Å². The quantitative estimate of drug-likeness (QED) is 0.916. The predicted octanol–water partition coefficient (Wildman–Crippen LogP) is 3.29. The summed E-state index contributed by atoms with van der Waals surface area (Å²) in [6.45, 7) is 3.99. The molecule has 2 aromatic rings. The van der Waals surface area contributed by atoms with Crippen molar-refractivity contribution in [2.75, 3.05) is 5.32 Å². The number of amides is 1. The highest BCUT2D eigenvalue weighted by Gasteiger charge is 2.38. The maximum Gasteiger partial charge on any atom is 0.260 e. The van der Waals surface area contributed by atoms with Crippen LogP contribution in [0.4, 0.5) is 5.69 Å². The third-order valence-electron chi connectivity index (χ3n) is 3.84. The van der Waals surface area contributed by atoms with Crippen molar-refractivity contribution in [1.82, 2.24) is 5.16 Å². The summed E-state index contributed by atoms with van der Waals surface area (Å²) in [5.74, 6) is 0.337. The molecule has 1 aromatic carbocycles. The van der Waals surface area contributed by atoms with Gasteiger partial charge in [-0.3, -0.25) is 4.79 Å². The van der Waals surface area contributed by atoms with E-state index < -0.39 is 0 Å². The first-order chi connectivity index (χ1) is 9.08. The summed E-state index contributed by atoms with van der Waals surface area (Å²) in [7, 11) is 0. The lowest BCUT2D eigenvalue weighted by molar-refractivity contribution is 0.102. The van der Waals surface area contributed by atoms with Crippen LogP contribution in [-0.2, 0) is 5.41 Å². The topological polar surface area (TPSA) is 55.1 Å². The lowest BCUT2D eigenvalue weighted by atomic mass is 9.98. The number of aromatic nitrogens is 1. The number of hydrogen-bond acceptors (Lipinski definition) is 3. The Balaban J connectivity index is 1.73. The van der Waals surface area contributed by atoms with Crippen molar-refractivity contribution in [3.05, 3.63) is 47.3 Å². The molecule has 0 spiro atoms. The molecular formula is C15H16N2O2. The number of anilines is 1. The summed E-state index contributed by atoms with van der Waals surface area (Å²) < 4.78 is 4.88. The fraction of sp³-hybridized carbons (Fsp3) is 0.333. The van der Waals surface area contributed by atoms with E-state index in [1.165, 1.54) is 24.6 Å². The smallest absolute Gasteiger partial charge is 0.260 e. The Kier molecular flexibility index (Phi) is 2.66. The Morgan fingerprint density at radius 3 is 2.53 bits per heavy atom. The number of hydrogen-bond donors (Lipinski definition) is 1. The van der Waals surface area contributed by atoms with Gasteiger partial charge in [0.15, 0.2) is 0 Å². The molecule has 0 unspecified atom stereocenters. The molecule has 1 heterocycles. The Bertz CT molecular complexity index is 609. The molecule has 0 saturated heterocycles. The van der Waals surface area contributed by atoms with Gasteiger partial charge in [-0.1, -0.05) is 24.2 Å². The van der Waals surface area contributed by atoms with Gasteiger partial charge in [-0.15, -0.1) is 0 Å². The molecule has 4 nitrogen and oxygen atoms in total. The second-order valence-corrected chi connectivity index (χ2v) is 5.39. The van der Waals surface area contributed by atoms with Gasteiger partial charge >= 0.3 is 0 Å². The van der Waals surface area contributed by atoms with Gasteiger partial charge in [0.2, 0.25) is 0 Å². The SMILES string of the molecule is Cc1oncc1C(=O)Nc1ccc(C2(C)CC2)cc1. The van der Waals surface area contributed by atoms with E-state index in [0.717, 1.165) is 5.69 Å². The summed E-state index contributed by atoms with van der Waals surface area (Å²) in [4.78, 5) is 12.0. The maximum absolute atomic E-state index is 12.0. The van der Waals surface area contributed by atoms with E-state index in [4.69, 9.17) is 4.52 Å². The molecule has 1 aliphatic carbocycles. The minimum absolute atomic E-state index is 0.191. The molecule has 98 valence electrons. The highest BCUT2D eigenvalue weighted by Crippen LogP contribution is 2.47. The summed E-state index contributed by atoms with van der Waals surface area (Å²) >= 11 is 0. The molecule has 0 atom stereocenters. The summed E-state index contributed by atoms with van der Waals surface area (Å²) in [5.41, 5.74) is 2.96. The highest BCUT2D eigenvalue weighted by atomic mass is 16.5. The third kappa shape index (κ3) is 2.26. The van der Waals surface area contributed by atoms with Gasteiger partial charge in [0.25, 0.3) is 5.91 Å². The van der Waals surface area contributed by atoms with Crippen molar-refractivity contribution >= 4 is 11.6 Å². The number of rotatable bonds is 3. The van der Waals surface area contributed by atoms with Crippen LogP contribution in [0.25, 0.3) is 0 Å². The van der Waals surface area contributed by atoms with Gasteiger partial charge in [0.05, 0.1) is 6.20 Å². The Hall–Kier alpha value is -2.10. The lowest BCUT2D eigenvalue weighted by Gasteiger charge is -2.10. The lowest BCUT2D eigenvalue weighted by Crippen LogP contribution is -2.12. The molecule has 0 bridgehead atoms.